The molecular weight excluding hydrogens is 402 g/mol. The van der Waals surface area contributed by atoms with Crippen molar-refractivity contribution in [3.8, 4) is 0 Å². The van der Waals surface area contributed by atoms with Gasteiger partial charge < -0.3 is 14.5 Å². The van der Waals surface area contributed by atoms with Crippen molar-refractivity contribution >= 4 is 29.3 Å². The van der Waals surface area contributed by atoms with E-state index in [0.29, 0.717) is 35.4 Å². The minimum absolute atomic E-state index is 0.130. The molecular formula is C22H23N3O4S. The number of carbonyl (C=O) groups is 2. The summed E-state index contributed by atoms with van der Waals surface area (Å²) in [7, 11) is 0. The number of nitrogens with zero attached hydrogens (tertiary/aromatic N) is 2. The van der Waals surface area contributed by atoms with Crippen LogP contribution in [-0.4, -0.2) is 34.4 Å². The van der Waals surface area contributed by atoms with E-state index in [1.54, 1.807) is 31.2 Å². The molecule has 0 unspecified atom stereocenters. The van der Waals surface area contributed by atoms with Crippen LogP contribution in [0.25, 0.3) is 0 Å². The highest BCUT2D eigenvalue weighted by atomic mass is 32.2. The fraction of sp³-hybridized carbons (Fsp3) is 0.273. The van der Waals surface area contributed by atoms with Crippen LogP contribution in [0.15, 0.2) is 52.1 Å². The molecule has 0 bridgehead atoms. The van der Waals surface area contributed by atoms with Crippen LogP contribution in [0.1, 0.15) is 39.9 Å². The number of aromatic nitrogens is 2. The fourth-order valence-corrected chi connectivity index (χ4v) is 3.26. The van der Waals surface area contributed by atoms with Gasteiger partial charge in [-0.05, 0) is 61.7 Å². The molecule has 0 fully saturated rings. The zero-order valence-electron chi connectivity index (χ0n) is 17.1. The predicted molar refractivity (Wildman–Crippen MR) is 115 cm³/mol. The number of aryl methyl sites for hydroxylation is 2. The molecule has 1 N–H and O–H groups in total. The van der Waals surface area contributed by atoms with E-state index >= 15 is 0 Å². The number of carbonyl (C=O) groups excluding carboxylic acids is 2. The lowest BCUT2D eigenvalue weighted by Crippen LogP contribution is -2.14. The van der Waals surface area contributed by atoms with Crippen LogP contribution in [0, 0.1) is 13.8 Å². The first-order valence-corrected chi connectivity index (χ1v) is 10.5. The maximum Gasteiger partial charge on any atom is 0.338 e. The van der Waals surface area contributed by atoms with E-state index in [0.717, 1.165) is 5.56 Å². The Morgan fingerprint density at radius 2 is 1.83 bits per heavy atom. The van der Waals surface area contributed by atoms with Gasteiger partial charge in [-0.15, -0.1) is 10.2 Å². The summed E-state index contributed by atoms with van der Waals surface area (Å²) in [6.07, 6.45) is 0.549. The zero-order valence-corrected chi connectivity index (χ0v) is 17.9. The van der Waals surface area contributed by atoms with Gasteiger partial charge in [0.1, 0.15) is 0 Å². The molecule has 1 amide bonds. The van der Waals surface area contributed by atoms with E-state index in [4.69, 9.17) is 9.15 Å². The van der Waals surface area contributed by atoms with E-state index in [9.17, 15) is 9.59 Å². The molecule has 0 aliphatic rings. The van der Waals surface area contributed by atoms with Gasteiger partial charge in [0.15, 0.2) is 0 Å². The molecule has 0 spiro atoms. The van der Waals surface area contributed by atoms with E-state index in [2.05, 4.69) is 41.5 Å². The fourth-order valence-electron chi connectivity index (χ4n) is 2.68. The quantitative estimate of drug-likeness (QED) is 0.427. The van der Waals surface area contributed by atoms with E-state index in [-0.39, 0.29) is 17.6 Å². The van der Waals surface area contributed by atoms with Crippen molar-refractivity contribution in [3.63, 3.8) is 0 Å². The highest BCUT2D eigenvalue weighted by Gasteiger charge is 2.12. The molecule has 1 heterocycles. The molecule has 8 heteroatoms. The van der Waals surface area contributed by atoms with E-state index < -0.39 is 0 Å². The highest BCUT2D eigenvalue weighted by molar-refractivity contribution is 7.99. The average Bonchev–Trinajstić information content (AvgIpc) is 3.17. The largest absolute Gasteiger partial charge is 0.462 e. The Bertz CT molecular complexity index is 1030. The summed E-state index contributed by atoms with van der Waals surface area (Å²) >= 11 is 1.17. The molecule has 30 heavy (non-hydrogen) atoms. The first-order chi connectivity index (χ1) is 14.4. The molecule has 2 aromatic carbocycles. The Morgan fingerprint density at radius 3 is 2.53 bits per heavy atom. The number of hydrogen-bond donors (Lipinski definition) is 1. The Kier molecular flexibility index (Phi) is 7.24. The lowest BCUT2D eigenvalue weighted by atomic mass is 10.0. The number of thioether (sulfide) groups is 1. The Labute approximate surface area is 179 Å². The number of nitrogens with one attached hydrogen (secondary N) is 1. The maximum atomic E-state index is 12.2. The molecule has 0 aliphatic heterocycles. The molecule has 0 aliphatic carbocycles. The monoisotopic (exact) mass is 425 g/mol. The topological polar surface area (TPSA) is 94.3 Å². The second-order valence-corrected chi connectivity index (χ2v) is 7.62. The van der Waals surface area contributed by atoms with Crippen molar-refractivity contribution in [1.29, 1.82) is 0 Å². The summed E-state index contributed by atoms with van der Waals surface area (Å²) < 4.78 is 10.6. The minimum Gasteiger partial charge on any atom is -0.462 e. The lowest BCUT2D eigenvalue weighted by Gasteiger charge is -2.05. The summed E-state index contributed by atoms with van der Waals surface area (Å²) in [6.45, 7) is 6.20. The van der Waals surface area contributed by atoms with Gasteiger partial charge in [-0.3, -0.25) is 4.79 Å². The maximum absolute atomic E-state index is 12.2. The van der Waals surface area contributed by atoms with Gasteiger partial charge >= 0.3 is 5.97 Å². The molecule has 0 radical (unpaired) electrons. The summed E-state index contributed by atoms with van der Waals surface area (Å²) in [4.78, 5) is 23.8. The van der Waals surface area contributed by atoms with Crippen molar-refractivity contribution in [2.45, 2.75) is 32.4 Å². The molecule has 1 aromatic heterocycles. The Morgan fingerprint density at radius 1 is 1.07 bits per heavy atom. The van der Waals surface area contributed by atoms with Crippen molar-refractivity contribution in [2.24, 2.45) is 0 Å². The van der Waals surface area contributed by atoms with Crippen LogP contribution < -0.4 is 5.32 Å². The second-order valence-electron chi connectivity index (χ2n) is 6.69. The molecule has 7 nitrogen and oxygen atoms in total. The smallest absolute Gasteiger partial charge is 0.338 e. The lowest BCUT2D eigenvalue weighted by molar-refractivity contribution is -0.113. The van der Waals surface area contributed by atoms with Crippen molar-refractivity contribution in [2.75, 3.05) is 17.7 Å². The van der Waals surface area contributed by atoms with Crippen LogP contribution in [0.2, 0.25) is 0 Å². The Hall–Kier alpha value is -3.13. The number of amides is 1. The minimum atomic E-state index is -0.390. The van der Waals surface area contributed by atoms with Gasteiger partial charge in [-0.25, -0.2) is 4.79 Å². The van der Waals surface area contributed by atoms with Crippen LogP contribution in [-0.2, 0) is 16.0 Å². The first kappa shape index (κ1) is 21.6. The van der Waals surface area contributed by atoms with Gasteiger partial charge in [-0.2, -0.15) is 0 Å². The first-order valence-electron chi connectivity index (χ1n) is 9.53. The van der Waals surface area contributed by atoms with Crippen LogP contribution >= 0.6 is 11.8 Å². The number of esters is 1. The van der Waals surface area contributed by atoms with Gasteiger partial charge in [0, 0.05) is 5.69 Å². The van der Waals surface area contributed by atoms with E-state index in [1.807, 2.05) is 6.07 Å². The van der Waals surface area contributed by atoms with Gasteiger partial charge in [0.05, 0.1) is 24.3 Å². The normalized spacial score (nSPS) is 10.6. The van der Waals surface area contributed by atoms with Crippen LogP contribution in [0.3, 0.4) is 0 Å². The van der Waals surface area contributed by atoms with Crippen molar-refractivity contribution in [1.82, 2.24) is 10.2 Å². The third-order valence-corrected chi connectivity index (χ3v) is 5.20. The number of hydrogen-bond acceptors (Lipinski definition) is 7. The summed E-state index contributed by atoms with van der Waals surface area (Å²) in [5.74, 6) is 0.0395. The predicted octanol–water partition coefficient (Wildman–Crippen LogP) is 4.18. The van der Waals surface area contributed by atoms with Gasteiger partial charge in [0.2, 0.25) is 11.8 Å². The molecule has 0 atom stereocenters. The highest BCUT2D eigenvalue weighted by Crippen LogP contribution is 2.19. The van der Waals surface area contributed by atoms with Crippen molar-refractivity contribution < 1.29 is 18.7 Å². The summed E-state index contributed by atoms with van der Waals surface area (Å²) in [6, 6.07) is 12.7. The number of rotatable bonds is 8. The number of anilines is 1. The third kappa shape index (κ3) is 5.93. The third-order valence-electron chi connectivity index (χ3n) is 4.38. The number of benzene rings is 2. The van der Waals surface area contributed by atoms with E-state index in [1.165, 1.54) is 22.9 Å². The summed E-state index contributed by atoms with van der Waals surface area (Å²) in [5.41, 5.74) is 4.58. The van der Waals surface area contributed by atoms with Crippen molar-refractivity contribution in [3.05, 3.63) is 70.6 Å². The van der Waals surface area contributed by atoms with Gasteiger partial charge in [0.25, 0.3) is 5.22 Å². The standard InChI is InChI=1S/C22H23N3O4S/c1-4-28-21(27)17-7-9-18(10-8-17)23-19(26)13-30-22-25-24-20(29-22)12-16-6-5-14(2)15(3)11-16/h5-11H,4,12-13H2,1-3H3,(H,23,26). The average molecular weight is 426 g/mol. The second kappa shape index (κ2) is 10.1. The molecule has 0 saturated heterocycles. The Balaban J connectivity index is 1.49. The number of ether oxygens (including phenoxy) is 1. The van der Waals surface area contributed by atoms with Crippen LogP contribution in [0.5, 0.6) is 0 Å². The van der Waals surface area contributed by atoms with Crippen LogP contribution in [0.4, 0.5) is 5.69 Å². The molecule has 0 saturated carbocycles. The molecule has 156 valence electrons. The SMILES string of the molecule is CCOC(=O)c1ccc(NC(=O)CSc2nnc(Cc3ccc(C)c(C)c3)o2)cc1. The molecule has 3 rings (SSSR count). The zero-order chi connectivity index (χ0) is 21.5. The van der Waals surface area contributed by atoms with Gasteiger partial charge in [-0.1, -0.05) is 30.0 Å². The molecule has 3 aromatic rings. The summed E-state index contributed by atoms with van der Waals surface area (Å²) in [5, 5.41) is 11.2.